The summed E-state index contributed by atoms with van der Waals surface area (Å²) in [4.78, 5) is 46.5. The van der Waals surface area contributed by atoms with Crippen LogP contribution in [0.5, 0.6) is 0 Å². The van der Waals surface area contributed by atoms with Crippen LogP contribution in [0, 0.1) is 0 Å². The Hall–Kier alpha value is -3.16. The Balaban J connectivity index is 2.47. The molecule has 0 fully saturated rings. The molecule has 0 aromatic heterocycles. The summed E-state index contributed by atoms with van der Waals surface area (Å²) in [5.41, 5.74) is 0.520. The predicted molar refractivity (Wildman–Crippen MR) is 91.1 cm³/mol. The standard InChI is InChI=1S/C19H20O8/c1-11(20)24-15-9-10-16(23)27-18(15)19(26-13(3)22)17(25-12(2)21)14-7-5-4-6-8-14/h4-10,15,17-19H,1-3H3/t15-,17+,18+,19+/m1/s1. The van der Waals surface area contributed by atoms with Gasteiger partial charge in [-0.1, -0.05) is 30.3 Å². The van der Waals surface area contributed by atoms with Gasteiger partial charge in [-0.3, -0.25) is 14.4 Å². The van der Waals surface area contributed by atoms with Gasteiger partial charge < -0.3 is 18.9 Å². The lowest BCUT2D eigenvalue weighted by molar-refractivity contribution is -0.196. The first-order valence-corrected chi connectivity index (χ1v) is 8.23. The number of carbonyl (C=O) groups is 4. The Labute approximate surface area is 156 Å². The van der Waals surface area contributed by atoms with E-state index in [1.807, 2.05) is 0 Å². The van der Waals surface area contributed by atoms with Gasteiger partial charge in [0, 0.05) is 26.8 Å². The molecule has 1 aromatic carbocycles. The van der Waals surface area contributed by atoms with Gasteiger partial charge in [0.25, 0.3) is 0 Å². The van der Waals surface area contributed by atoms with E-state index in [0.717, 1.165) is 6.08 Å². The Bertz CT molecular complexity index is 739. The monoisotopic (exact) mass is 376 g/mol. The molecule has 2 rings (SSSR count). The maximum atomic E-state index is 11.8. The molecule has 27 heavy (non-hydrogen) atoms. The first-order chi connectivity index (χ1) is 12.8. The molecule has 1 aliphatic rings. The topological polar surface area (TPSA) is 105 Å². The smallest absolute Gasteiger partial charge is 0.331 e. The summed E-state index contributed by atoms with van der Waals surface area (Å²) >= 11 is 0. The molecule has 8 heteroatoms. The van der Waals surface area contributed by atoms with Gasteiger partial charge in [-0.25, -0.2) is 4.79 Å². The van der Waals surface area contributed by atoms with E-state index >= 15 is 0 Å². The molecule has 0 unspecified atom stereocenters. The van der Waals surface area contributed by atoms with Crippen LogP contribution in [0.2, 0.25) is 0 Å². The fourth-order valence-corrected chi connectivity index (χ4v) is 2.71. The number of carbonyl (C=O) groups excluding carboxylic acids is 4. The van der Waals surface area contributed by atoms with E-state index in [1.54, 1.807) is 30.3 Å². The Morgan fingerprint density at radius 3 is 2.15 bits per heavy atom. The largest absolute Gasteiger partial charge is 0.454 e. The number of ether oxygens (including phenoxy) is 4. The Morgan fingerprint density at radius 1 is 0.963 bits per heavy atom. The van der Waals surface area contributed by atoms with Gasteiger partial charge in [-0.2, -0.15) is 0 Å². The van der Waals surface area contributed by atoms with Crippen molar-refractivity contribution < 1.29 is 38.1 Å². The van der Waals surface area contributed by atoms with Crippen molar-refractivity contribution in [3.63, 3.8) is 0 Å². The maximum Gasteiger partial charge on any atom is 0.331 e. The van der Waals surface area contributed by atoms with Crippen LogP contribution in [0.4, 0.5) is 0 Å². The van der Waals surface area contributed by atoms with E-state index in [9.17, 15) is 19.2 Å². The van der Waals surface area contributed by atoms with Gasteiger partial charge in [0.2, 0.25) is 0 Å². The van der Waals surface area contributed by atoms with Crippen LogP contribution in [0.15, 0.2) is 42.5 Å². The zero-order valence-electron chi connectivity index (χ0n) is 15.1. The van der Waals surface area contributed by atoms with E-state index in [2.05, 4.69) is 0 Å². The van der Waals surface area contributed by atoms with Crippen molar-refractivity contribution in [2.24, 2.45) is 0 Å². The van der Waals surface area contributed by atoms with Gasteiger partial charge in [0.1, 0.15) is 0 Å². The summed E-state index contributed by atoms with van der Waals surface area (Å²) in [5.74, 6) is -2.61. The van der Waals surface area contributed by atoms with E-state index in [1.165, 1.54) is 26.8 Å². The molecule has 1 aliphatic heterocycles. The molecule has 1 aromatic rings. The predicted octanol–water partition coefficient (Wildman–Crippen LogP) is 1.64. The average Bonchev–Trinajstić information content (AvgIpc) is 2.59. The fourth-order valence-electron chi connectivity index (χ4n) is 2.71. The van der Waals surface area contributed by atoms with Crippen molar-refractivity contribution in [2.45, 2.75) is 45.2 Å². The molecule has 0 aliphatic carbocycles. The number of hydrogen-bond acceptors (Lipinski definition) is 8. The Kier molecular flexibility index (Phi) is 6.70. The van der Waals surface area contributed by atoms with E-state index < -0.39 is 48.3 Å². The van der Waals surface area contributed by atoms with E-state index in [0.29, 0.717) is 5.56 Å². The molecule has 0 saturated heterocycles. The number of esters is 4. The fraction of sp³-hybridized carbons (Fsp3) is 0.368. The molecule has 4 atom stereocenters. The van der Waals surface area contributed by atoms with Crippen LogP contribution in [0.1, 0.15) is 32.4 Å². The second-order valence-electron chi connectivity index (χ2n) is 5.85. The molecular weight excluding hydrogens is 356 g/mol. The highest BCUT2D eigenvalue weighted by atomic mass is 16.6. The number of rotatable bonds is 6. The molecule has 144 valence electrons. The lowest BCUT2D eigenvalue weighted by atomic mass is 9.95. The van der Waals surface area contributed by atoms with E-state index in [-0.39, 0.29) is 0 Å². The van der Waals surface area contributed by atoms with Crippen molar-refractivity contribution in [3.05, 3.63) is 48.0 Å². The minimum absolute atomic E-state index is 0.520. The molecule has 0 spiro atoms. The molecule has 0 N–H and O–H groups in total. The lowest BCUT2D eigenvalue weighted by Gasteiger charge is -2.36. The first-order valence-electron chi connectivity index (χ1n) is 8.23. The van der Waals surface area contributed by atoms with Crippen LogP contribution in [-0.2, 0) is 38.1 Å². The van der Waals surface area contributed by atoms with Crippen molar-refractivity contribution in [2.75, 3.05) is 0 Å². The number of hydrogen-bond donors (Lipinski definition) is 0. The van der Waals surface area contributed by atoms with Crippen molar-refractivity contribution in [1.82, 2.24) is 0 Å². The molecular formula is C19H20O8. The first kappa shape index (κ1) is 20.2. The summed E-state index contributed by atoms with van der Waals surface area (Å²) in [6.45, 7) is 3.57. The van der Waals surface area contributed by atoms with Gasteiger partial charge in [-0.05, 0) is 11.6 Å². The molecule has 0 amide bonds. The van der Waals surface area contributed by atoms with Gasteiger partial charge in [0.15, 0.2) is 24.4 Å². The molecule has 8 nitrogen and oxygen atoms in total. The molecule has 0 radical (unpaired) electrons. The van der Waals surface area contributed by atoms with Crippen LogP contribution in [0.3, 0.4) is 0 Å². The minimum Gasteiger partial charge on any atom is -0.454 e. The van der Waals surface area contributed by atoms with Crippen LogP contribution in [0.25, 0.3) is 0 Å². The zero-order chi connectivity index (χ0) is 20.0. The van der Waals surface area contributed by atoms with Gasteiger partial charge in [-0.15, -0.1) is 0 Å². The van der Waals surface area contributed by atoms with Crippen molar-refractivity contribution in [1.29, 1.82) is 0 Å². The maximum absolute atomic E-state index is 11.8. The van der Waals surface area contributed by atoms with Gasteiger partial charge in [0.05, 0.1) is 0 Å². The van der Waals surface area contributed by atoms with Crippen LogP contribution >= 0.6 is 0 Å². The second-order valence-corrected chi connectivity index (χ2v) is 5.85. The number of benzene rings is 1. The van der Waals surface area contributed by atoms with Crippen molar-refractivity contribution in [3.8, 4) is 0 Å². The summed E-state index contributed by atoms with van der Waals surface area (Å²) in [5, 5.41) is 0. The lowest BCUT2D eigenvalue weighted by Crippen LogP contribution is -2.49. The SMILES string of the molecule is CC(=O)O[C@H]([C@H]1OC(=O)C=C[C@H]1OC(C)=O)[C@@H](OC(C)=O)c1ccccc1. The normalized spacial score (nSPS) is 20.8. The third-order valence-corrected chi connectivity index (χ3v) is 3.65. The Morgan fingerprint density at radius 2 is 1.59 bits per heavy atom. The summed E-state index contributed by atoms with van der Waals surface area (Å²) in [7, 11) is 0. The van der Waals surface area contributed by atoms with E-state index in [4.69, 9.17) is 18.9 Å². The number of cyclic esters (lactones) is 1. The molecule has 1 heterocycles. The van der Waals surface area contributed by atoms with Crippen molar-refractivity contribution >= 4 is 23.9 Å². The third kappa shape index (κ3) is 5.67. The summed E-state index contributed by atoms with van der Waals surface area (Å²) < 4.78 is 21.2. The highest BCUT2D eigenvalue weighted by Gasteiger charge is 2.44. The highest BCUT2D eigenvalue weighted by Crippen LogP contribution is 2.31. The average molecular weight is 376 g/mol. The van der Waals surface area contributed by atoms with Crippen LogP contribution in [-0.4, -0.2) is 42.2 Å². The van der Waals surface area contributed by atoms with Gasteiger partial charge >= 0.3 is 23.9 Å². The quantitative estimate of drug-likeness (QED) is 0.545. The highest BCUT2D eigenvalue weighted by molar-refractivity contribution is 5.83. The molecule has 0 saturated carbocycles. The second kappa shape index (κ2) is 8.98. The minimum atomic E-state index is -1.23. The summed E-state index contributed by atoms with van der Waals surface area (Å²) in [6.07, 6.45) is -2.06. The summed E-state index contributed by atoms with van der Waals surface area (Å²) in [6, 6.07) is 8.54. The third-order valence-electron chi connectivity index (χ3n) is 3.65. The van der Waals surface area contributed by atoms with Crippen LogP contribution < -0.4 is 0 Å². The molecule has 0 bridgehead atoms. The zero-order valence-corrected chi connectivity index (χ0v) is 15.1.